The summed E-state index contributed by atoms with van der Waals surface area (Å²) in [5, 5.41) is 0.711. The lowest BCUT2D eigenvalue weighted by molar-refractivity contribution is -0.137. The van der Waals surface area contributed by atoms with Crippen molar-refractivity contribution >= 4 is 33.2 Å². The second-order valence-electron chi connectivity index (χ2n) is 8.68. The maximum absolute atomic E-state index is 13.2. The second-order valence-corrected chi connectivity index (χ2v) is 11.1. The third kappa shape index (κ3) is 5.27. The van der Waals surface area contributed by atoms with E-state index in [0.29, 0.717) is 31.1 Å². The van der Waals surface area contributed by atoms with E-state index in [1.54, 1.807) is 0 Å². The van der Waals surface area contributed by atoms with Gasteiger partial charge in [-0.25, -0.2) is 12.7 Å². The van der Waals surface area contributed by atoms with E-state index in [-0.39, 0.29) is 24.1 Å². The molecule has 4 rings (SSSR count). The van der Waals surface area contributed by atoms with Crippen LogP contribution in [-0.2, 0) is 20.6 Å². The first-order chi connectivity index (χ1) is 15.3. The molecule has 2 aromatic carbocycles. The zero-order valence-corrected chi connectivity index (χ0v) is 20.0. The number of rotatable bonds is 5. The van der Waals surface area contributed by atoms with E-state index in [0.717, 1.165) is 30.8 Å². The number of carbonyl (C=O) groups excluding carboxylic acids is 1. The van der Waals surface area contributed by atoms with Gasteiger partial charge in [0, 0.05) is 50.0 Å². The Bertz CT molecular complexity index is 1050. The number of aryl methyl sites for hydroxylation is 1. The van der Waals surface area contributed by atoms with Crippen LogP contribution in [0.1, 0.15) is 24.0 Å². The monoisotopic (exact) mass is 475 g/mol. The molecule has 0 saturated carbocycles. The molecule has 0 aromatic heterocycles. The smallest absolute Gasteiger partial charge is 0.227 e. The molecule has 6 nitrogen and oxygen atoms in total. The molecule has 2 aliphatic heterocycles. The first-order valence-electron chi connectivity index (χ1n) is 11.1. The number of amides is 1. The van der Waals surface area contributed by atoms with Crippen molar-refractivity contribution in [2.24, 2.45) is 5.92 Å². The van der Waals surface area contributed by atoms with Gasteiger partial charge in [-0.1, -0.05) is 48.0 Å². The highest BCUT2D eigenvalue weighted by Crippen LogP contribution is 2.27. The molecule has 0 bridgehead atoms. The minimum absolute atomic E-state index is 0.0214. The van der Waals surface area contributed by atoms with E-state index < -0.39 is 10.0 Å². The summed E-state index contributed by atoms with van der Waals surface area (Å²) in [4.78, 5) is 17.4. The molecule has 0 aliphatic carbocycles. The molecular weight excluding hydrogens is 446 g/mol. The average Bonchev–Trinajstić information content (AvgIpc) is 2.81. The van der Waals surface area contributed by atoms with Crippen molar-refractivity contribution in [2.75, 3.05) is 44.2 Å². The van der Waals surface area contributed by atoms with Gasteiger partial charge in [-0.05, 0) is 43.0 Å². The number of sulfonamides is 1. The van der Waals surface area contributed by atoms with Crippen molar-refractivity contribution in [1.82, 2.24) is 9.21 Å². The first kappa shape index (κ1) is 23.1. The van der Waals surface area contributed by atoms with Crippen molar-refractivity contribution in [3.63, 3.8) is 0 Å². The van der Waals surface area contributed by atoms with Crippen LogP contribution in [0.2, 0.25) is 5.02 Å². The Morgan fingerprint density at radius 2 is 1.75 bits per heavy atom. The number of nitrogens with zero attached hydrogens (tertiary/aromatic N) is 3. The summed E-state index contributed by atoms with van der Waals surface area (Å²) in [6.45, 7) is 5.60. The molecule has 1 atom stereocenters. The van der Waals surface area contributed by atoms with Crippen LogP contribution in [0.5, 0.6) is 0 Å². The lowest BCUT2D eigenvalue weighted by Gasteiger charge is -2.40. The topological polar surface area (TPSA) is 60.9 Å². The molecule has 2 aromatic rings. The fourth-order valence-electron chi connectivity index (χ4n) is 4.62. The Kier molecular flexibility index (Phi) is 7.08. The summed E-state index contributed by atoms with van der Waals surface area (Å²) < 4.78 is 27.4. The lowest BCUT2D eigenvalue weighted by Crippen LogP contribution is -2.53. The van der Waals surface area contributed by atoms with Crippen LogP contribution in [0.25, 0.3) is 0 Å². The summed E-state index contributed by atoms with van der Waals surface area (Å²) in [5.74, 6) is -0.215. The Hall–Kier alpha value is -2.09. The zero-order valence-electron chi connectivity index (χ0n) is 18.4. The molecule has 0 spiro atoms. The number of carbonyl (C=O) groups is 1. The number of hydrogen-bond donors (Lipinski definition) is 0. The lowest BCUT2D eigenvalue weighted by atomic mass is 9.97. The highest BCUT2D eigenvalue weighted by Gasteiger charge is 2.35. The molecule has 32 heavy (non-hydrogen) atoms. The number of benzene rings is 2. The van der Waals surface area contributed by atoms with Crippen LogP contribution in [0.3, 0.4) is 0 Å². The van der Waals surface area contributed by atoms with Crippen LogP contribution < -0.4 is 4.90 Å². The van der Waals surface area contributed by atoms with Crippen molar-refractivity contribution in [1.29, 1.82) is 0 Å². The van der Waals surface area contributed by atoms with Gasteiger partial charge in [-0.3, -0.25) is 4.79 Å². The molecule has 172 valence electrons. The van der Waals surface area contributed by atoms with Crippen molar-refractivity contribution in [3.8, 4) is 0 Å². The predicted molar refractivity (Wildman–Crippen MR) is 128 cm³/mol. The normalized spacial score (nSPS) is 20.4. The van der Waals surface area contributed by atoms with Crippen molar-refractivity contribution in [3.05, 3.63) is 64.7 Å². The van der Waals surface area contributed by atoms with Crippen LogP contribution >= 0.6 is 11.6 Å². The second kappa shape index (κ2) is 9.81. The Balaban J connectivity index is 1.36. The standard InChI is InChI=1S/C24H30ClN3O3S/c1-19-9-10-22(25)16-23(19)26-12-14-27(15-13-26)24(29)21-8-5-11-28(17-21)32(30,31)18-20-6-3-2-4-7-20/h2-4,6-7,9-10,16,21H,5,8,11-15,17-18H2,1H3. The van der Waals surface area contributed by atoms with Crippen molar-refractivity contribution < 1.29 is 13.2 Å². The molecule has 0 radical (unpaired) electrons. The molecule has 0 N–H and O–H groups in total. The van der Waals surface area contributed by atoms with Crippen LogP contribution in [0, 0.1) is 12.8 Å². The van der Waals surface area contributed by atoms with E-state index in [2.05, 4.69) is 11.8 Å². The largest absolute Gasteiger partial charge is 0.368 e. The fraction of sp³-hybridized carbons (Fsp3) is 0.458. The Labute approximate surface area is 195 Å². The van der Waals surface area contributed by atoms with Gasteiger partial charge in [0.15, 0.2) is 0 Å². The number of piperidine rings is 1. The van der Waals surface area contributed by atoms with Crippen LogP contribution in [0.15, 0.2) is 48.5 Å². The van der Waals surface area contributed by atoms with E-state index in [1.807, 2.05) is 53.4 Å². The van der Waals surface area contributed by atoms with E-state index in [1.165, 1.54) is 9.87 Å². The molecule has 2 saturated heterocycles. The summed E-state index contributed by atoms with van der Waals surface area (Å²) in [7, 11) is -3.45. The first-order valence-corrected chi connectivity index (χ1v) is 13.1. The fourth-order valence-corrected chi connectivity index (χ4v) is 6.40. The zero-order chi connectivity index (χ0) is 22.7. The van der Waals surface area contributed by atoms with Gasteiger partial charge in [-0.2, -0.15) is 0 Å². The van der Waals surface area contributed by atoms with Gasteiger partial charge < -0.3 is 9.80 Å². The quantitative estimate of drug-likeness (QED) is 0.663. The predicted octanol–water partition coefficient (Wildman–Crippen LogP) is 3.54. The molecule has 1 amide bonds. The number of piperazine rings is 1. The van der Waals surface area contributed by atoms with Crippen LogP contribution in [0.4, 0.5) is 5.69 Å². The minimum Gasteiger partial charge on any atom is -0.368 e. The molecule has 1 unspecified atom stereocenters. The number of anilines is 1. The molecular formula is C24H30ClN3O3S. The third-order valence-electron chi connectivity index (χ3n) is 6.42. The van der Waals surface area contributed by atoms with Gasteiger partial charge in [0.2, 0.25) is 15.9 Å². The average molecular weight is 476 g/mol. The molecule has 2 heterocycles. The van der Waals surface area contributed by atoms with Gasteiger partial charge in [0.1, 0.15) is 0 Å². The third-order valence-corrected chi connectivity index (χ3v) is 8.47. The van der Waals surface area contributed by atoms with E-state index >= 15 is 0 Å². The maximum atomic E-state index is 13.2. The Morgan fingerprint density at radius 3 is 2.47 bits per heavy atom. The van der Waals surface area contributed by atoms with Gasteiger partial charge in [-0.15, -0.1) is 0 Å². The number of halogens is 1. The molecule has 8 heteroatoms. The van der Waals surface area contributed by atoms with Gasteiger partial charge in [0.25, 0.3) is 0 Å². The van der Waals surface area contributed by atoms with E-state index in [9.17, 15) is 13.2 Å². The highest BCUT2D eigenvalue weighted by atomic mass is 35.5. The molecule has 2 fully saturated rings. The van der Waals surface area contributed by atoms with Crippen LogP contribution in [-0.4, -0.2) is 62.8 Å². The van der Waals surface area contributed by atoms with Gasteiger partial charge >= 0.3 is 0 Å². The summed E-state index contributed by atoms with van der Waals surface area (Å²) in [6, 6.07) is 15.1. The number of hydrogen-bond acceptors (Lipinski definition) is 4. The maximum Gasteiger partial charge on any atom is 0.227 e. The minimum atomic E-state index is -3.45. The SMILES string of the molecule is Cc1ccc(Cl)cc1N1CCN(C(=O)C2CCCN(S(=O)(=O)Cc3ccccc3)C2)CC1. The summed E-state index contributed by atoms with van der Waals surface area (Å²) in [5.41, 5.74) is 3.05. The highest BCUT2D eigenvalue weighted by molar-refractivity contribution is 7.88. The van der Waals surface area contributed by atoms with Gasteiger partial charge in [0.05, 0.1) is 11.7 Å². The summed E-state index contributed by atoms with van der Waals surface area (Å²) in [6.07, 6.45) is 1.45. The van der Waals surface area contributed by atoms with E-state index in [4.69, 9.17) is 11.6 Å². The Morgan fingerprint density at radius 1 is 1.03 bits per heavy atom. The van der Waals surface area contributed by atoms with Crippen molar-refractivity contribution in [2.45, 2.75) is 25.5 Å². The molecule has 2 aliphatic rings. The summed E-state index contributed by atoms with van der Waals surface area (Å²) >= 11 is 6.17.